The highest BCUT2D eigenvalue weighted by Crippen LogP contribution is 2.56. The zero-order valence-corrected chi connectivity index (χ0v) is 61.6. The lowest BCUT2D eigenvalue weighted by Gasteiger charge is -2.58. The van der Waals surface area contributed by atoms with Crippen molar-refractivity contribution in [2.24, 2.45) is 23.7 Å². The number of piperazine rings is 2. The number of rotatable bonds is 5. The van der Waals surface area contributed by atoms with Crippen LogP contribution in [0.1, 0.15) is 241 Å². The molecule has 6 saturated heterocycles. The predicted molar refractivity (Wildman–Crippen MR) is 376 cm³/mol. The van der Waals surface area contributed by atoms with E-state index >= 15 is 0 Å². The van der Waals surface area contributed by atoms with E-state index in [1.54, 1.807) is 19.3 Å². The first kappa shape index (κ1) is 77.2. The fraction of sp³-hybridized carbons (Fsp3) is 0.920. The molecule has 0 aromatic heterocycles. The number of benzene rings is 1. The summed E-state index contributed by atoms with van der Waals surface area (Å²) in [5.74, 6) is 4.14. The Hall–Kier alpha value is -1.22. The summed E-state index contributed by atoms with van der Waals surface area (Å²) in [4.78, 5) is 17.9. The smallest absolute Gasteiger partial charge is 0.0594 e. The molecule has 4 aliphatic carbocycles. The predicted octanol–water partition coefficient (Wildman–Crippen LogP) is 14.1. The Kier molecular flexibility index (Phi) is 31.6. The van der Waals surface area contributed by atoms with E-state index in [1.165, 1.54) is 148 Å². The number of ether oxygens (including phenoxy) is 1. The maximum absolute atomic E-state index is 5.25. The lowest BCUT2D eigenvalue weighted by atomic mass is 9.52. The number of piperidine rings is 3. The first-order valence-electron chi connectivity index (χ1n) is 35.8. The first-order chi connectivity index (χ1) is 39.8. The number of morpholine rings is 1. The van der Waals surface area contributed by atoms with Crippen LogP contribution in [0.4, 0.5) is 0 Å². The van der Waals surface area contributed by atoms with Crippen molar-refractivity contribution in [2.45, 2.75) is 293 Å². The Morgan fingerprint density at radius 1 is 0.465 bits per heavy atom. The lowest BCUT2D eigenvalue weighted by Crippen LogP contribution is -2.62. The minimum atomic E-state index is 0.231. The van der Waals surface area contributed by atoms with E-state index < -0.39 is 0 Å². The SMILES string of the molecule is CC(C)(C)N1CCC(N2CCCCC2)CC1.CC(C)(C)N1CCNCC1.CC(C)(C)N1CCOCC1.CC(C)(C)NC12CC3CC(CC(C3)C1)C2.CC(C)(C)NCCc1ccccc1.CC1CCN(C(C)(C)C)CC1.CN1CCN(C(C)(C)C)CC1. The van der Waals surface area contributed by atoms with Crippen molar-refractivity contribution in [1.29, 1.82) is 0 Å². The topological polar surface area (TPSA) is 68.0 Å². The standard InChI is InChI=1S/C14H28N2.C14H25N.C12H19N.C10H21N.C9H20N2.C8H18N2.C8H17NO/c1-14(2,3)16-11-7-13(8-12-16)15-9-5-4-6-10-15;1-13(2,3)15-14-7-10-4-11(8-14)6-12(5-10)9-14;1-12(2,3)13-10-9-11-7-5-4-6-8-11;1-9-5-7-11(8-6-9)10(2,3)4;1-9(2,3)11-7-5-10(4)6-8-11;1-8(2,3)10-6-4-9-5-7-10;1-8(2,3)9-4-6-10-7-5-9/h13H,4-12H2,1-3H3;10-12,15H,4-9H2,1-3H3;4-8,13H,9-10H2,1-3H3;9H,5-8H2,1-4H3;5-8H2,1-4H3;9H,4-7H2,1-3H3;4-7H2,1-3H3. The molecule has 0 radical (unpaired) electrons. The number of hydrogen-bond donors (Lipinski definition) is 3. The van der Waals surface area contributed by atoms with Gasteiger partial charge in [-0.15, -0.1) is 0 Å². The van der Waals surface area contributed by atoms with Crippen LogP contribution in [0.25, 0.3) is 0 Å². The zero-order chi connectivity index (χ0) is 64.2. The zero-order valence-electron chi connectivity index (χ0n) is 61.6. The molecular formula is C75H148N10O. The summed E-state index contributed by atoms with van der Waals surface area (Å²) < 4.78 is 5.25. The van der Waals surface area contributed by atoms with Crippen LogP contribution in [-0.4, -0.2) is 216 Å². The average Bonchev–Trinajstić information content (AvgIpc) is 0.939. The van der Waals surface area contributed by atoms with Gasteiger partial charge in [-0.05, 0) is 298 Å². The highest BCUT2D eigenvalue weighted by molar-refractivity contribution is 5.15. The van der Waals surface area contributed by atoms with Gasteiger partial charge in [-0.3, -0.25) is 24.5 Å². The van der Waals surface area contributed by atoms with Crippen LogP contribution >= 0.6 is 0 Å². The molecule has 3 N–H and O–H groups in total. The fourth-order valence-electron chi connectivity index (χ4n) is 15.2. The number of nitrogens with one attached hydrogen (secondary N) is 3. The van der Waals surface area contributed by atoms with Crippen molar-refractivity contribution in [3.8, 4) is 0 Å². The van der Waals surface area contributed by atoms with Gasteiger partial charge in [0, 0.05) is 129 Å². The third-order valence-electron chi connectivity index (χ3n) is 20.1. The molecule has 6 aliphatic heterocycles. The minimum Gasteiger partial charge on any atom is -0.379 e. The molecule has 10 fully saturated rings. The summed E-state index contributed by atoms with van der Waals surface area (Å²) in [5.41, 5.74) is 4.27. The van der Waals surface area contributed by atoms with E-state index in [-0.39, 0.29) is 5.54 Å². The molecule has 1 aromatic rings. The Morgan fingerprint density at radius 2 is 0.860 bits per heavy atom. The molecule has 1 aromatic carbocycles. The molecule has 11 rings (SSSR count). The number of nitrogens with zero attached hydrogens (tertiary/aromatic N) is 7. The summed E-state index contributed by atoms with van der Waals surface area (Å²) in [5, 5.41) is 10.8. The number of likely N-dealkylation sites (N-methyl/N-ethyl adjacent to an activating group) is 1. The Morgan fingerprint density at radius 3 is 1.24 bits per heavy atom. The van der Waals surface area contributed by atoms with Crippen molar-refractivity contribution in [2.75, 3.05) is 132 Å². The Balaban J connectivity index is 0.000000217. The molecule has 10 aliphatic rings. The van der Waals surface area contributed by atoms with Gasteiger partial charge in [-0.2, -0.15) is 0 Å². The Bertz CT molecular complexity index is 1810. The molecule has 504 valence electrons. The van der Waals surface area contributed by atoms with E-state index in [0.29, 0.717) is 38.8 Å². The van der Waals surface area contributed by atoms with Crippen LogP contribution in [0.15, 0.2) is 30.3 Å². The van der Waals surface area contributed by atoms with Crippen LogP contribution < -0.4 is 16.0 Å². The van der Waals surface area contributed by atoms with Gasteiger partial charge in [0.25, 0.3) is 0 Å². The van der Waals surface area contributed by atoms with Crippen LogP contribution in [0.2, 0.25) is 0 Å². The van der Waals surface area contributed by atoms with Gasteiger partial charge < -0.3 is 30.5 Å². The van der Waals surface area contributed by atoms with Crippen LogP contribution in [0.5, 0.6) is 0 Å². The molecule has 0 amide bonds. The van der Waals surface area contributed by atoms with Gasteiger partial charge in [0.15, 0.2) is 0 Å². The van der Waals surface area contributed by atoms with Gasteiger partial charge in [0.2, 0.25) is 0 Å². The van der Waals surface area contributed by atoms with Gasteiger partial charge in [-0.1, -0.05) is 43.7 Å². The third-order valence-corrected chi connectivity index (χ3v) is 20.1. The van der Waals surface area contributed by atoms with E-state index in [9.17, 15) is 0 Å². The van der Waals surface area contributed by atoms with E-state index in [0.717, 1.165) is 82.1 Å². The molecule has 6 heterocycles. The fourth-order valence-corrected chi connectivity index (χ4v) is 15.2. The number of hydrogen-bond acceptors (Lipinski definition) is 11. The quantitative estimate of drug-likeness (QED) is 0.264. The average molecular weight is 1210 g/mol. The van der Waals surface area contributed by atoms with Crippen molar-refractivity contribution in [3.63, 3.8) is 0 Å². The molecular weight excluding hydrogens is 1060 g/mol. The van der Waals surface area contributed by atoms with Crippen molar-refractivity contribution in [3.05, 3.63) is 35.9 Å². The molecule has 0 unspecified atom stereocenters. The lowest BCUT2D eigenvalue weighted by molar-refractivity contribution is -0.0309. The summed E-state index contributed by atoms with van der Waals surface area (Å²) in [6.07, 6.45) is 20.0. The van der Waals surface area contributed by atoms with Gasteiger partial charge in [-0.25, -0.2) is 0 Å². The molecule has 0 spiro atoms. The second-order valence-corrected chi connectivity index (χ2v) is 35.5. The van der Waals surface area contributed by atoms with Gasteiger partial charge in [0.1, 0.15) is 0 Å². The summed E-state index contributed by atoms with van der Waals surface area (Å²) in [7, 11) is 2.19. The van der Waals surface area contributed by atoms with E-state index in [4.69, 9.17) is 4.74 Å². The first-order valence-corrected chi connectivity index (χ1v) is 35.8. The van der Waals surface area contributed by atoms with Crippen molar-refractivity contribution >= 4 is 0 Å². The summed E-state index contributed by atoms with van der Waals surface area (Å²) >= 11 is 0. The van der Waals surface area contributed by atoms with E-state index in [1.807, 2.05) is 0 Å². The number of likely N-dealkylation sites (tertiary alicyclic amines) is 3. The van der Waals surface area contributed by atoms with Crippen LogP contribution in [0.3, 0.4) is 0 Å². The highest BCUT2D eigenvalue weighted by atomic mass is 16.5. The third kappa shape index (κ3) is 30.5. The van der Waals surface area contributed by atoms with Crippen molar-refractivity contribution in [1.82, 2.24) is 50.2 Å². The van der Waals surface area contributed by atoms with Crippen LogP contribution in [-0.2, 0) is 11.2 Å². The second kappa shape index (κ2) is 35.2. The highest BCUT2D eigenvalue weighted by Gasteiger charge is 2.51. The summed E-state index contributed by atoms with van der Waals surface area (Å²) in [6, 6.07) is 11.5. The van der Waals surface area contributed by atoms with Crippen LogP contribution in [0, 0.1) is 23.7 Å². The maximum Gasteiger partial charge on any atom is 0.0594 e. The summed E-state index contributed by atoms with van der Waals surface area (Å²) in [6.45, 7) is 72.8. The molecule has 4 bridgehead atoms. The van der Waals surface area contributed by atoms with Gasteiger partial charge in [0.05, 0.1) is 13.2 Å². The Labute approximate surface area is 536 Å². The van der Waals surface area contributed by atoms with E-state index in [2.05, 4.69) is 240 Å². The molecule has 11 heteroatoms. The molecule has 4 saturated carbocycles. The van der Waals surface area contributed by atoms with Crippen molar-refractivity contribution < 1.29 is 4.74 Å². The van der Waals surface area contributed by atoms with Gasteiger partial charge >= 0.3 is 0 Å². The molecule has 86 heavy (non-hydrogen) atoms. The monoisotopic (exact) mass is 1210 g/mol. The minimum absolute atomic E-state index is 0.231. The molecule has 0 atom stereocenters. The normalized spacial score (nSPS) is 26.8. The second-order valence-electron chi connectivity index (χ2n) is 35.5. The largest absolute Gasteiger partial charge is 0.379 e. The maximum atomic E-state index is 5.25. The molecule has 11 nitrogen and oxygen atoms in total.